The van der Waals surface area contributed by atoms with Crippen LogP contribution in [-0.2, 0) is 4.79 Å². The Morgan fingerprint density at radius 3 is 2.75 bits per heavy atom. The summed E-state index contributed by atoms with van der Waals surface area (Å²) in [5.74, 6) is 0.157. The molecule has 0 saturated carbocycles. The van der Waals surface area contributed by atoms with Gasteiger partial charge in [0.05, 0.1) is 5.69 Å². The van der Waals surface area contributed by atoms with Crippen molar-refractivity contribution in [3.05, 3.63) is 18.0 Å². The molecule has 0 aliphatic carbocycles. The fourth-order valence-electron chi connectivity index (χ4n) is 1.91. The van der Waals surface area contributed by atoms with E-state index in [4.69, 9.17) is 0 Å². The molecule has 16 heavy (non-hydrogen) atoms. The lowest BCUT2D eigenvalue weighted by molar-refractivity contribution is -0.135. The molecule has 0 spiro atoms. The van der Waals surface area contributed by atoms with Gasteiger partial charge in [-0.25, -0.2) is 0 Å². The lowest BCUT2D eigenvalue weighted by atomic mass is 10.2. The molecular formula is C11H18N4O. The van der Waals surface area contributed by atoms with Gasteiger partial charge in [-0.15, -0.1) is 0 Å². The number of piperazine rings is 1. The summed E-state index contributed by atoms with van der Waals surface area (Å²) < 4.78 is 1.74. The highest BCUT2D eigenvalue weighted by molar-refractivity contribution is 5.80. The molecule has 5 heteroatoms. The summed E-state index contributed by atoms with van der Waals surface area (Å²) in [6.45, 7) is 7.19. The van der Waals surface area contributed by atoms with Crippen molar-refractivity contribution in [3.63, 3.8) is 0 Å². The first-order chi connectivity index (χ1) is 7.68. The molecule has 0 aromatic carbocycles. The number of hydrogen-bond donors (Lipinski definition) is 1. The quantitative estimate of drug-likeness (QED) is 0.777. The van der Waals surface area contributed by atoms with E-state index in [-0.39, 0.29) is 11.9 Å². The number of aryl methyl sites for hydroxylation is 1. The van der Waals surface area contributed by atoms with E-state index >= 15 is 0 Å². The summed E-state index contributed by atoms with van der Waals surface area (Å²) in [4.78, 5) is 14.0. The largest absolute Gasteiger partial charge is 0.338 e. The van der Waals surface area contributed by atoms with Gasteiger partial charge in [0.1, 0.15) is 6.04 Å². The van der Waals surface area contributed by atoms with Crippen LogP contribution in [-0.4, -0.2) is 46.8 Å². The molecule has 1 fully saturated rings. The van der Waals surface area contributed by atoms with Gasteiger partial charge in [0.25, 0.3) is 0 Å². The van der Waals surface area contributed by atoms with Crippen LogP contribution in [0.2, 0.25) is 0 Å². The number of carbonyl (C=O) groups is 1. The first kappa shape index (κ1) is 11.1. The SMILES string of the molecule is Cc1ccn(C(C)C(=O)N2CCNCC2)n1. The van der Waals surface area contributed by atoms with Crippen LogP contribution < -0.4 is 5.32 Å². The zero-order chi connectivity index (χ0) is 11.5. The summed E-state index contributed by atoms with van der Waals surface area (Å²) in [6, 6.07) is 1.72. The molecular weight excluding hydrogens is 204 g/mol. The Hall–Kier alpha value is -1.36. The van der Waals surface area contributed by atoms with Gasteiger partial charge in [-0.05, 0) is 19.9 Å². The van der Waals surface area contributed by atoms with Crippen molar-refractivity contribution in [1.82, 2.24) is 20.0 Å². The molecule has 1 unspecified atom stereocenters. The average Bonchev–Trinajstić information content (AvgIpc) is 2.75. The van der Waals surface area contributed by atoms with Gasteiger partial charge >= 0.3 is 0 Å². The fraction of sp³-hybridized carbons (Fsp3) is 0.636. The van der Waals surface area contributed by atoms with Crippen molar-refractivity contribution >= 4 is 5.91 Å². The van der Waals surface area contributed by atoms with Gasteiger partial charge in [-0.1, -0.05) is 0 Å². The minimum Gasteiger partial charge on any atom is -0.338 e. The van der Waals surface area contributed by atoms with E-state index in [2.05, 4.69) is 10.4 Å². The predicted molar refractivity (Wildman–Crippen MR) is 61.1 cm³/mol. The van der Waals surface area contributed by atoms with Crippen LogP contribution >= 0.6 is 0 Å². The van der Waals surface area contributed by atoms with E-state index in [1.54, 1.807) is 4.68 Å². The Bertz CT molecular complexity index is 368. The number of amides is 1. The summed E-state index contributed by atoms with van der Waals surface area (Å²) in [6.07, 6.45) is 1.86. The van der Waals surface area contributed by atoms with E-state index in [0.29, 0.717) is 0 Å². The number of aromatic nitrogens is 2. The number of rotatable bonds is 2. The van der Waals surface area contributed by atoms with Gasteiger partial charge in [-0.2, -0.15) is 5.10 Å². The molecule has 1 aromatic rings. The lowest BCUT2D eigenvalue weighted by Gasteiger charge is -2.29. The van der Waals surface area contributed by atoms with Gasteiger partial charge in [0, 0.05) is 32.4 Å². The zero-order valence-corrected chi connectivity index (χ0v) is 9.81. The van der Waals surface area contributed by atoms with Crippen molar-refractivity contribution in [2.75, 3.05) is 26.2 Å². The second-order valence-electron chi connectivity index (χ2n) is 4.19. The van der Waals surface area contributed by atoms with Crippen LogP contribution in [0.1, 0.15) is 18.7 Å². The van der Waals surface area contributed by atoms with Crippen molar-refractivity contribution in [2.45, 2.75) is 19.9 Å². The zero-order valence-electron chi connectivity index (χ0n) is 9.81. The third kappa shape index (κ3) is 2.24. The molecule has 0 bridgehead atoms. The second-order valence-corrected chi connectivity index (χ2v) is 4.19. The molecule has 1 aromatic heterocycles. The Labute approximate surface area is 95.4 Å². The minimum absolute atomic E-state index is 0.157. The number of carbonyl (C=O) groups excluding carboxylic acids is 1. The minimum atomic E-state index is -0.202. The van der Waals surface area contributed by atoms with E-state index in [0.717, 1.165) is 31.9 Å². The molecule has 2 heterocycles. The predicted octanol–water partition coefficient (Wildman–Crippen LogP) is 0.184. The molecule has 2 rings (SSSR count). The molecule has 1 aliphatic heterocycles. The maximum atomic E-state index is 12.1. The van der Waals surface area contributed by atoms with Crippen molar-refractivity contribution in [2.24, 2.45) is 0 Å². The first-order valence-corrected chi connectivity index (χ1v) is 5.70. The summed E-state index contributed by atoms with van der Waals surface area (Å²) in [5.41, 5.74) is 0.944. The van der Waals surface area contributed by atoms with Crippen molar-refractivity contribution in [3.8, 4) is 0 Å². The molecule has 1 saturated heterocycles. The fourth-order valence-corrected chi connectivity index (χ4v) is 1.91. The topological polar surface area (TPSA) is 50.2 Å². The van der Waals surface area contributed by atoms with Gasteiger partial charge in [0.15, 0.2) is 0 Å². The Kier molecular flexibility index (Phi) is 3.24. The van der Waals surface area contributed by atoms with Crippen molar-refractivity contribution < 1.29 is 4.79 Å². The highest BCUT2D eigenvalue weighted by Crippen LogP contribution is 2.10. The molecule has 1 amide bonds. The highest BCUT2D eigenvalue weighted by atomic mass is 16.2. The second kappa shape index (κ2) is 4.65. The normalized spacial score (nSPS) is 18.5. The molecule has 1 N–H and O–H groups in total. The Morgan fingerprint density at radius 2 is 2.19 bits per heavy atom. The van der Waals surface area contributed by atoms with Gasteiger partial charge in [-0.3, -0.25) is 9.48 Å². The van der Waals surface area contributed by atoms with E-state index < -0.39 is 0 Å². The van der Waals surface area contributed by atoms with Crippen LogP contribution in [0.5, 0.6) is 0 Å². The maximum Gasteiger partial charge on any atom is 0.247 e. The highest BCUT2D eigenvalue weighted by Gasteiger charge is 2.23. The summed E-state index contributed by atoms with van der Waals surface area (Å²) in [5, 5.41) is 7.52. The molecule has 88 valence electrons. The number of hydrogen-bond acceptors (Lipinski definition) is 3. The van der Waals surface area contributed by atoms with E-state index in [9.17, 15) is 4.79 Å². The summed E-state index contributed by atoms with van der Waals surface area (Å²) >= 11 is 0. The average molecular weight is 222 g/mol. The van der Waals surface area contributed by atoms with E-state index in [1.165, 1.54) is 0 Å². The smallest absolute Gasteiger partial charge is 0.247 e. The Balaban J connectivity index is 2.03. The van der Waals surface area contributed by atoms with E-state index in [1.807, 2.05) is 31.0 Å². The van der Waals surface area contributed by atoms with Gasteiger partial charge in [0.2, 0.25) is 5.91 Å². The van der Waals surface area contributed by atoms with Gasteiger partial charge < -0.3 is 10.2 Å². The lowest BCUT2D eigenvalue weighted by Crippen LogP contribution is -2.48. The van der Waals surface area contributed by atoms with Crippen LogP contribution in [0.4, 0.5) is 0 Å². The molecule has 1 atom stereocenters. The standard InChI is InChI=1S/C11H18N4O/c1-9-3-6-15(13-9)10(2)11(16)14-7-4-12-5-8-14/h3,6,10,12H,4-5,7-8H2,1-2H3. The van der Waals surface area contributed by atoms with Crippen LogP contribution in [0, 0.1) is 6.92 Å². The monoisotopic (exact) mass is 222 g/mol. The number of nitrogens with zero attached hydrogens (tertiary/aromatic N) is 3. The molecule has 5 nitrogen and oxygen atoms in total. The molecule has 0 radical (unpaired) electrons. The first-order valence-electron chi connectivity index (χ1n) is 5.70. The summed E-state index contributed by atoms with van der Waals surface area (Å²) in [7, 11) is 0. The number of nitrogens with one attached hydrogen (secondary N) is 1. The van der Waals surface area contributed by atoms with Crippen LogP contribution in [0.3, 0.4) is 0 Å². The van der Waals surface area contributed by atoms with Crippen LogP contribution in [0.15, 0.2) is 12.3 Å². The maximum absolute atomic E-state index is 12.1. The van der Waals surface area contributed by atoms with Crippen LogP contribution in [0.25, 0.3) is 0 Å². The Morgan fingerprint density at radius 1 is 1.50 bits per heavy atom. The third-order valence-corrected chi connectivity index (χ3v) is 2.92. The molecule has 1 aliphatic rings. The third-order valence-electron chi connectivity index (χ3n) is 2.92. The van der Waals surface area contributed by atoms with Crippen molar-refractivity contribution in [1.29, 1.82) is 0 Å².